The van der Waals surface area contributed by atoms with Crippen molar-refractivity contribution >= 4 is 17.6 Å². The number of nitrogens with zero attached hydrogens (tertiary/aromatic N) is 1. The van der Waals surface area contributed by atoms with E-state index in [-0.39, 0.29) is 18.0 Å². The average molecular weight is 304 g/mol. The number of anilines is 1. The number of nitrogens with one attached hydrogen (secondary N) is 3. The Balaban J connectivity index is 1.96. The van der Waals surface area contributed by atoms with Crippen molar-refractivity contribution in [2.75, 3.05) is 25.0 Å². The number of benzene rings is 1. The molecule has 6 heteroatoms. The molecule has 1 fully saturated rings. The second kappa shape index (κ2) is 7.26. The topological polar surface area (TPSA) is 73.5 Å². The van der Waals surface area contributed by atoms with Crippen LogP contribution in [-0.4, -0.2) is 48.6 Å². The molecule has 0 radical (unpaired) electrons. The molecule has 1 saturated heterocycles. The first kappa shape index (κ1) is 16.3. The number of carbonyl (C=O) groups excluding carboxylic acids is 2. The zero-order valence-corrected chi connectivity index (χ0v) is 13.3. The van der Waals surface area contributed by atoms with Gasteiger partial charge in [-0.15, -0.1) is 0 Å². The smallest absolute Gasteiger partial charge is 0.319 e. The van der Waals surface area contributed by atoms with Crippen molar-refractivity contribution in [2.45, 2.75) is 32.9 Å². The highest BCUT2D eigenvalue weighted by atomic mass is 16.2. The van der Waals surface area contributed by atoms with Gasteiger partial charge in [-0.25, -0.2) is 4.79 Å². The minimum Gasteiger partial charge on any atom is -0.336 e. The van der Waals surface area contributed by atoms with Crippen LogP contribution in [0.5, 0.6) is 0 Å². The predicted octanol–water partition coefficient (Wildman–Crippen LogP) is 1.65. The van der Waals surface area contributed by atoms with Crippen LogP contribution in [0.25, 0.3) is 0 Å². The third-order valence-corrected chi connectivity index (χ3v) is 3.47. The van der Waals surface area contributed by atoms with E-state index >= 15 is 0 Å². The standard InChI is InChI=1S/C16H24N4O2/c1-11(2)18-16(22)19-14-6-4-13(5-7-14)15(21)20-9-8-17-12(3)10-20/h4-7,11-12,17H,8-10H2,1-3H3,(H2,18,19,22). The Bertz CT molecular complexity index is 527. The van der Waals surface area contributed by atoms with Crippen LogP contribution in [0.4, 0.5) is 10.5 Å². The fraction of sp³-hybridized carbons (Fsp3) is 0.500. The average Bonchev–Trinajstić information content (AvgIpc) is 2.46. The van der Waals surface area contributed by atoms with Crippen molar-refractivity contribution in [1.82, 2.24) is 15.5 Å². The van der Waals surface area contributed by atoms with Crippen LogP contribution in [0.3, 0.4) is 0 Å². The summed E-state index contributed by atoms with van der Waals surface area (Å²) >= 11 is 0. The summed E-state index contributed by atoms with van der Waals surface area (Å²) in [6.07, 6.45) is 0. The molecule has 2 rings (SSSR count). The molecule has 3 N–H and O–H groups in total. The van der Waals surface area contributed by atoms with Crippen molar-refractivity contribution in [1.29, 1.82) is 0 Å². The number of hydrogen-bond acceptors (Lipinski definition) is 3. The molecule has 1 unspecified atom stereocenters. The summed E-state index contributed by atoms with van der Waals surface area (Å²) in [5.74, 6) is 0.0338. The lowest BCUT2D eigenvalue weighted by molar-refractivity contribution is 0.0709. The summed E-state index contributed by atoms with van der Waals surface area (Å²) in [5, 5.41) is 8.81. The molecule has 0 spiro atoms. The van der Waals surface area contributed by atoms with Crippen LogP contribution in [0.1, 0.15) is 31.1 Å². The zero-order chi connectivity index (χ0) is 16.1. The summed E-state index contributed by atoms with van der Waals surface area (Å²) in [6, 6.07) is 7.15. The molecule has 1 heterocycles. The van der Waals surface area contributed by atoms with Gasteiger partial charge in [-0.1, -0.05) is 0 Å². The second-order valence-electron chi connectivity index (χ2n) is 5.94. The molecule has 3 amide bonds. The Kier molecular flexibility index (Phi) is 5.38. The van der Waals surface area contributed by atoms with Crippen molar-refractivity contribution in [2.24, 2.45) is 0 Å². The van der Waals surface area contributed by atoms with E-state index in [1.165, 1.54) is 0 Å². The van der Waals surface area contributed by atoms with Gasteiger partial charge in [0.05, 0.1) is 0 Å². The Morgan fingerprint density at radius 1 is 1.27 bits per heavy atom. The number of rotatable bonds is 3. The minimum atomic E-state index is -0.245. The van der Waals surface area contributed by atoms with Crippen molar-refractivity contribution in [3.63, 3.8) is 0 Å². The summed E-state index contributed by atoms with van der Waals surface area (Å²) in [4.78, 5) is 25.9. The van der Waals surface area contributed by atoms with Crippen LogP contribution in [-0.2, 0) is 0 Å². The quantitative estimate of drug-likeness (QED) is 0.795. The zero-order valence-electron chi connectivity index (χ0n) is 13.3. The number of urea groups is 1. The largest absolute Gasteiger partial charge is 0.336 e. The summed E-state index contributed by atoms with van der Waals surface area (Å²) < 4.78 is 0. The monoisotopic (exact) mass is 304 g/mol. The molecule has 120 valence electrons. The molecular formula is C16H24N4O2. The Morgan fingerprint density at radius 3 is 2.55 bits per heavy atom. The van der Waals surface area contributed by atoms with Crippen molar-refractivity contribution in [3.8, 4) is 0 Å². The van der Waals surface area contributed by atoms with Gasteiger partial charge in [0.1, 0.15) is 0 Å². The van der Waals surface area contributed by atoms with Gasteiger partial charge >= 0.3 is 6.03 Å². The van der Waals surface area contributed by atoms with E-state index in [9.17, 15) is 9.59 Å². The molecular weight excluding hydrogens is 280 g/mol. The van der Waals surface area contributed by atoms with E-state index < -0.39 is 0 Å². The maximum Gasteiger partial charge on any atom is 0.319 e. The molecule has 1 aliphatic rings. The first-order valence-electron chi connectivity index (χ1n) is 7.66. The minimum absolute atomic E-state index is 0.0338. The molecule has 1 aliphatic heterocycles. The van der Waals surface area contributed by atoms with Crippen molar-refractivity contribution < 1.29 is 9.59 Å². The summed E-state index contributed by atoms with van der Waals surface area (Å²) in [5.41, 5.74) is 1.31. The van der Waals surface area contributed by atoms with E-state index in [1.807, 2.05) is 18.7 Å². The van der Waals surface area contributed by atoms with Gasteiger partial charge in [-0.05, 0) is 45.0 Å². The lowest BCUT2D eigenvalue weighted by atomic mass is 10.1. The fourth-order valence-electron chi connectivity index (χ4n) is 2.42. The van der Waals surface area contributed by atoms with Crippen LogP contribution >= 0.6 is 0 Å². The molecule has 1 aromatic rings. The van der Waals surface area contributed by atoms with E-state index in [0.29, 0.717) is 17.3 Å². The SMILES string of the molecule is CC(C)NC(=O)Nc1ccc(C(=O)N2CCNC(C)C2)cc1. The number of hydrogen-bond donors (Lipinski definition) is 3. The second-order valence-corrected chi connectivity index (χ2v) is 5.94. The van der Waals surface area contributed by atoms with E-state index in [4.69, 9.17) is 0 Å². The molecule has 0 aromatic heterocycles. The molecule has 0 bridgehead atoms. The first-order valence-corrected chi connectivity index (χ1v) is 7.66. The van der Waals surface area contributed by atoms with Gasteiger partial charge in [0.15, 0.2) is 0 Å². The molecule has 0 saturated carbocycles. The summed E-state index contributed by atoms with van der Waals surface area (Å²) in [7, 11) is 0. The van der Waals surface area contributed by atoms with Crippen LogP contribution in [0.15, 0.2) is 24.3 Å². The normalized spacial score (nSPS) is 18.2. The van der Waals surface area contributed by atoms with Gasteiger partial charge in [-0.2, -0.15) is 0 Å². The number of piperazine rings is 1. The van der Waals surface area contributed by atoms with Gasteiger partial charge in [0.2, 0.25) is 0 Å². The third-order valence-electron chi connectivity index (χ3n) is 3.47. The fourth-order valence-corrected chi connectivity index (χ4v) is 2.42. The van der Waals surface area contributed by atoms with Crippen LogP contribution in [0.2, 0.25) is 0 Å². The van der Waals surface area contributed by atoms with Gasteiger partial charge < -0.3 is 20.9 Å². The highest BCUT2D eigenvalue weighted by Crippen LogP contribution is 2.13. The highest BCUT2D eigenvalue weighted by Gasteiger charge is 2.21. The van der Waals surface area contributed by atoms with Gasteiger partial charge in [-0.3, -0.25) is 4.79 Å². The lowest BCUT2D eigenvalue weighted by Gasteiger charge is -2.32. The number of amides is 3. The molecule has 22 heavy (non-hydrogen) atoms. The first-order chi connectivity index (χ1) is 10.5. The van der Waals surface area contributed by atoms with E-state index in [2.05, 4.69) is 22.9 Å². The Hall–Kier alpha value is -2.08. The number of carbonyl (C=O) groups is 2. The molecule has 1 atom stereocenters. The van der Waals surface area contributed by atoms with Crippen LogP contribution < -0.4 is 16.0 Å². The van der Waals surface area contributed by atoms with E-state index in [0.717, 1.165) is 19.6 Å². The third kappa shape index (κ3) is 4.46. The van der Waals surface area contributed by atoms with Crippen molar-refractivity contribution in [3.05, 3.63) is 29.8 Å². The lowest BCUT2D eigenvalue weighted by Crippen LogP contribution is -2.51. The predicted molar refractivity (Wildman–Crippen MR) is 87.1 cm³/mol. The molecule has 0 aliphatic carbocycles. The molecule has 1 aromatic carbocycles. The maximum atomic E-state index is 12.4. The van der Waals surface area contributed by atoms with Gasteiger partial charge in [0.25, 0.3) is 5.91 Å². The summed E-state index contributed by atoms with van der Waals surface area (Å²) in [6.45, 7) is 8.13. The Labute approximate surface area is 131 Å². The Morgan fingerprint density at radius 2 is 1.95 bits per heavy atom. The van der Waals surface area contributed by atoms with E-state index in [1.54, 1.807) is 24.3 Å². The maximum absolute atomic E-state index is 12.4. The van der Waals surface area contributed by atoms with Crippen LogP contribution in [0, 0.1) is 0 Å². The molecule has 6 nitrogen and oxygen atoms in total. The highest BCUT2D eigenvalue weighted by molar-refractivity contribution is 5.95. The van der Waals surface area contributed by atoms with Gasteiger partial charge in [0, 0.05) is 43.0 Å².